The van der Waals surface area contributed by atoms with Crippen LogP contribution in [0.1, 0.15) is 18.0 Å². The van der Waals surface area contributed by atoms with Crippen LogP contribution in [-0.2, 0) is 9.59 Å². The number of carboxylic acid groups (broad SMARTS) is 1. The summed E-state index contributed by atoms with van der Waals surface area (Å²) in [6.07, 6.45) is 0.549. The first-order chi connectivity index (χ1) is 9.06. The van der Waals surface area contributed by atoms with Crippen molar-refractivity contribution in [3.63, 3.8) is 0 Å². The first-order valence-corrected chi connectivity index (χ1v) is 6.20. The topological polar surface area (TPSA) is 90.5 Å². The van der Waals surface area contributed by atoms with Crippen molar-refractivity contribution in [1.29, 1.82) is 0 Å². The molecule has 0 bridgehead atoms. The van der Waals surface area contributed by atoms with Crippen LogP contribution in [-0.4, -0.2) is 29.6 Å². The first kappa shape index (κ1) is 13.8. The molecule has 1 saturated heterocycles. The number of hydrazine groups is 1. The van der Waals surface area contributed by atoms with Crippen LogP contribution in [0.3, 0.4) is 0 Å². The maximum Gasteiger partial charge on any atom is 0.322 e. The summed E-state index contributed by atoms with van der Waals surface area (Å²) in [5.41, 5.74) is 6.88. The smallest absolute Gasteiger partial charge is 0.322 e. The third-order valence-electron chi connectivity index (χ3n) is 2.91. The normalized spacial score (nSPS) is 22.2. The Kier molecular flexibility index (Phi) is 4.36. The SMILES string of the molecule is O=C(O)CNC(=O)C1CC(c2ccc(Cl)cc2)NN1. The van der Waals surface area contributed by atoms with Gasteiger partial charge in [0.1, 0.15) is 12.6 Å². The van der Waals surface area contributed by atoms with Crippen molar-refractivity contribution < 1.29 is 14.7 Å². The lowest BCUT2D eigenvalue weighted by Gasteiger charge is -2.09. The highest BCUT2D eigenvalue weighted by atomic mass is 35.5. The number of carbonyl (C=O) groups is 2. The molecule has 1 aliphatic rings. The summed E-state index contributed by atoms with van der Waals surface area (Å²) in [5, 5.41) is 11.5. The first-order valence-electron chi connectivity index (χ1n) is 5.82. The fourth-order valence-electron chi connectivity index (χ4n) is 1.93. The van der Waals surface area contributed by atoms with Crippen LogP contribution in [0.5, 0.6) is 0 Å². The number of hydrogen-bond acceptors (Lipinski definition) is 4. The minimum absolute atomic E-state index is 0.00200. The highest BCUT2D eigenvalue weighted by molar-refractivity contribution is 6.30. The summed E-state index contributed by atoms with van der Waals surface area (Å²) in [6, 6.07) is 6.91. The van der Waals surface area contributed by atoms with E-state index in [2.05, 4.69) is 16.2 Å². The van der Waals surface area contributed by atoms with E-state index in [1.165, 1.54) is 0 Å². The van der Waals surface area contributed by atoms with Crippen molar-refractivity contribution in [1.82, 2.24) is 16.2 Å². The zero-order valence-corrected chi connectivity index (χ0v) is 10.8. The van der Waals surface area contributed by atoms with Gasteiger partial charge in [-0.2, -0.15) is 0 Å². The van der Waals surface area contributed by atoms with E-state index in [4.69, 9.17) is 16.7 Å². The lowest BCUT2D eigenvalue weighted by Crippen LogP contribution is -2.44. The van der Waals surface area contributed by atoms with Crippen molar-refractivity contribution in [3.05, 3.63) is 34.9 Å². The Morgan fingerprint density at radius 2 is 2.00 bits per heavy atom. The third kappa shape index (κ3) is 3.66. The number of amides is 1. The molecule has 1 aromatic rings. The van der Waals surface area contributed by atoms with Gasteiger partial charge in [0.05, 0.1) is 0 Å². The monoisotopic (exact) mass is 283 g/mol. The molecule has 7 heteroatoms. The van der Waals surface area contributed by atoms with E-state index in [0.29, 0.717) is 11.4 Å². The molecule has 2 rings (SSSR count). The molecule has 1 aliphatic heterocycles. The van der Waals surface area contributed by atoms with Gasteiger partial charge >= 0.3 is 5.97 Å². The minimum Gasteiger partial charge on any atom is -0.480 e. The van der Waals surface area contributed by atoms with Crippen LogP contribution in [0.25, 0.3) is 0 Å². The van der Waals surface area contributed by atoms with Crippen molar-refractivity contribution in [2.75, 3.05) is 6.54 Å². The van der Waals surface area contributed by atoms with Gasteiger partial charge in [0, 0.05) is 11.1 Å². The van der Waals surface area contributed by atoms with Gasteiger partial charge in [-0.15, -0.1) is 0 Å². The predicted octanol–water partition coefficient (Wildman–Crippen LogP) is 0.448. The number of hydrogen-bond donors (Lipinski definition) is 4. The molecule has 0 saturated carbocycles. The van der Waals surface area contributed by atoms with Crippen LogP contribution >= 0.6 is 11.6 Å². The second-order valence-electron chi connectivity index (χ2n) is 4.29. The van der Waals surface area contributed by atoms with Gasteiger partial charge in [-0.3, -0.25) is 9.59 Å². The molecule has 0 radical (unpaired) electrons. The fraction of sp³-hybridized carbons (Fsp3) is 0.333. The minimum atomic E-state index is -1.06. The summed E-state index contributed by atoms with van der Waals surface area (Å²) in [4.78, 5) is 22.1. The molecule has 1 aromatic carbocycles. The molecular formula is C12H14ClN3O3. The maximum atomic E-state index is 11.7. The van der Waals surface area contributed by atoms with E-state index in [0.717, 1.165) is 5.56 Å². The number of rotatable bonds is 4. The second-order valence-corrected chi connectivity index (χ2v) is 4.73. The Hall–Kier alpha value is -1.63. The number of carbonyl (C=O) groups excluding carboxylic acids is 1. The largest absolute Gasteiger partial charge is 0.480 e. The Morgan fingerprint density at radius 1 is 1.32 bits per heavy atom. The van der Waals surface area contributed by atoms with Gasteiger partial charge in [-0.1, -0.05) is 23.7 Å². The van der Waals surface area contributed by atoms with Crippen LogP contribution in [0, 0.1) is 0 Å². The van der Waals surface area contributed by atoms with Crippen molar-refractivity contribution in [3.8, 4) is 0 Å². The van der Waals surface area contributed by atoms with E-state index in [-0.39, 0.29) is 18.5 Å². The summed E-state index contributed by atoms with van der Waals surface area (Å²) in [5.74, 6) is -1.39. The van der Waals surface area contributed by atoms with Crippen molar-refractivity contribution in [2.45, 2.75) is 18.5 Å². The Labute approximate surface area is 115 Å². The summed E-state index contributed by atoms with van der Waals surface area (Å²) >= 11 is 5.81. The van der Waals surface area contributed by atoms with Crippen LogP contribution < -0.4 is 16.2 Å². The van der Waals surface area contributed by atoms with E-state index < -0.39 is 12.0 Å². The molecule has 1 fully saturated rings. The van der Waals surface area contributed by atoms with Crippen molar-refractivity contribution in [2.24, 2.45) is 0 Å². The van der Waals surface area contributed by atoms with Gasteiger partial charge < -0.3 is 10.4 Å². The molecular weight excluding hydrogens is 270 g/mol. The Balaban J connectivity index is 1.90. The van der Waals surface area contributed by atoms with Gasteiger partial charge in [-0.05, 0) is 24.1 Å². The van der Waals surface area contributed by atoms with Crippen LogP contribution in [0.2, 0.25) is 5.02 Å². The molecule has 19 heavy (non-hydrogen) atoms. The number of aliphatic carboxylic acids is 1. The number of nitrogens with one attached hydrogen (secondary N) is 3. The highest BCUT2D eigenvalue weighted by Gasteiger charge is 2.30. The molecule has 2 atom stereocenters. The van der Waals surface area contributed by atoms with Gasteiger partial charge in [0.15, 0.2) is 0 Å². The molecule has 1 heterocycles. The summed E-state index contributed by atoms with van der Waals surface area (Å²) in [7, 11) is 0. The molecule has 0 spiro atoms. The van der Waals surface area contributed by atoms with E-state index in [1.54, 1.807) is 12.1 Å². The molecule has 1 amide bonds. The van der Waals surface area contributed by atoms with E-state index in [9.17, 15) is 9.59 Å². The highest BCUT2D eigenvalue weighted by Crippen LogP contribution is 2.23. The Bertz CT molecular complexity index is 478. The maximum absolute atomic E-state index is 11.7. The lowest BCUT2D eigenvalue weighted by molar-refractivity contribution is -0.138. The quantitative estimate of drug-likeness (QED) is 0.644. The van der Waals surface area contributed by atoms with Gasteiger partial charge in [-0.25, -0.2) is 10.9 Å². The summed E-state index contributed by atoms with van der Waals surface area (Å²) < 4.78 is 0. The standard InChI is InChI=1S/C12H14ClN3O3/c13-8-3-1-7(2-4-8)9-5-10(16-15-9)12(19)14-6-11(17)18/h1-4,9-10,15-16H,5-6H2,(H,14,19)(H,17,18). The third-order valence-corrected chi connectivity index (χ3v) is 3.16. The van der Waals surface area contributed by atoms with E-state index >= 15 is 0 Å². The molecule has 102 valence electrons. The average molecular weight is 284 g/mol. The Morgan fingerprint density at radius 3 is 2.63 bits per heavy atom. The molecule has 0 aliphatic carbocycles. The fourth-order valence-corrected chi connectivity index (χ4v) is 2.05. The van der Waals surface area contributed by atoms with Crippen LogP contribution in [0.4, 0.5) is 0 Å². The number of benzene rings is 1. The van der Waals surface area contributed by atoms with Gasteiger partial charge in [0.2, 0.25) is 5.91 Å². The zero-order chi connectivity index (χ0) is 13.8. The molecule has 2 unspecified atom stereocenters. The molecule has 4 N–H and O–H groups in total. The molecule has 6 nitrogen and oxygen atoms in total. The second kappa shape index (κ2) is 6.01. The zero-order valence-electron chi connectivity index (χ0n) is 10.0. The number of carboxylic acids is 1. The molecule has 0 aromatic heterocycles. The van der Waals surface area contributed by atoms with Crippen LogP contribution in [0.15, 0.2) is 24.3 Å². The van der Waals surface area contributed by atoms with Crippen molar-refractivity contribution >= 4 is 23.5 Å². The predicted molar refractivity (Wildman–Crippen MR) is 69.5 cm³/mol. The number of halogens is 1. The van der Waals surface area contributed by atoms with E-state index in [1.807, 2.05) is 12.1 Å². The van der Waals surface area contributed by atoms with Gasteiger partial charge in [0.25, 0.3) is 0 Å². The average Bonchev–Trinajstić information content (AvgIpc) is 2.86. The lowest BCUT2D eigenvalue weighted by atomic mass is 10.0. The summed E-state index contributed by atoms with van der Waals surface area (Å²) in [6.45, 7) is -0.372.